The van der Waals surface area contributed by atoms with Gasteiger partial charge in [-0.25, -0.2) is 0 Å². The van der Waals surface area contributed by atoms with E-state index < -0.39 is 0 Å². The van der Waals surface area contributed by atoms with Crippen molar-refractivity contribution in [3.63, 3.8) is 0 Å². The standard InChI is InChI=1S/C18H22N2S/c1-20(2)13-8-14-21-18-12-7-6-11-17(18)19-15-16-9-4-3-5-10-16/h3-7,9-12,15H,8,13-14H2,1-2H3/b19-15+. The molecule has 0 amide bonds. The summed E-state index contributed by atoms with van der Waals surface area (Å²) in [5.41, 5.74) is 2.18. The van der Waals surface area contributed by atoms with Crippen LogP contribution in [0.2, 0.25) is 0 Å². The Bertz CT molecular complexity index is 564. The number of hydrogen-bond acceptors (Lipinski definition) is 3. The lowest BCUT2D eigenvalue weighted by atomic mass is 10.2. The van der Waals surface area contributed by atoms with E-state index in [1.54, 1.807) is 0 Å². The second-order valence-corrected chi connectivity index (χ2v) is 6.28. The maximum absolute atomic E-state index is 4.63. The highest BCUT2D eigenvalue weighted by Crippen LogP contribution is 2.29. The molecular formula is C18H22N2S. The van der Waals surface area contributed by atoms with Gasteiger partial charge in [0.1, 0.15) is 0 Å². The maximum Gasteiger partial charge on any atom is 0.0765 e. The van der Waals surface area contributed by atoms with Crippen LogP contribution in [-0.2, 0) is 0 Å². The summed E-state index contributed by atoms with van der Waals surface area (Å²) >= 11 is 1.88. The SMILES string of the molecule is CN(C)CCCSc1ccccc1/N=C/c1ccccc1. The highest BCUT2D eigenvalue weighted by molar-refractivity contribution is 7.99. The van der Waals surface area contributed by atoms with Crippen LogP contribution in [0.25, 0.3) is 0 Å². The minimum absolute atomic E-state index is 1.05. The molecule has 0 bridgehead atoms. The number of hydrogen-bond donors (Lipinski definition) is 0. The maximum atomic E-state index is 4.63. The number of aliphatic imine (C=N–C) groups is 1. The Morgan fingerprint density at radius 1 is 1.00 bits per heavy atom. The second kappa shape index (κ2) is 8.65. The zero-order chi connectivity index (χ0) is 14.9. The molecule has 2 rings (SSSR count). The van der Waals surface area contributed by atoms with Gasteiger partial charge in [0, 0.05) is 11.1 Å². The first-order chi connectivity index (χ1) is 10.3. The Morgan fingerprint density at radius 2 is 1.71 bits per heavy atom. The van der Waals surface area contributed by atoms with Crippen LogP contribution >= 0.6 is 11.8 Å². The van der Waals surface area contributed by atoms with Gasteiger partial charge in [-0.1, -0.05) is 42.5 Å². The van der Waals surface area contributed by atoms with Crippen molar-refractivity contribution >= 4 is 23.7 Å². The van der Waals surface area contributed by atoms with Gasteiger partial charge < -0.3 is 4.90 Å². The molecule has 3 heteroatoms. The largest absolute Gasteiger partial charge is 0.309 e. The molecule has 2 nitrogen and oxygen atoms in total. The third-order valence-corrected chi connectivity index (χ3v) is 4.17. The first kappa shape index (κ1) is 15.8. The van der Waals surface area contributed by atoms with Crippen LogP contribution in [0.5, 0.6) is 0 Å². The molecule has 0 saturated carbocycles. The molecule has 2 aromatic carbocycles. The molecule has 2 aromatic rings. The van der Waals surface area contributed by atoms with Gasteiger partial charge in [-0.15, -0.1) is 11.8 Å². The molecule has 21 heavy (non-hydrogen) atoms. The number of rotatable bonds is 7. The predicted octanol–water partition coefficient (Wildman–Crippen LogP) is 4.48. The number of thioether (sulfide) groups is 1. The van der Waals surface area contributed by atoms with E-state index in [2.05, 4.69) is 54.3 Å². The Hall–Kier alpha value is -1.58. The zero-order valence-electron chi connectivity index (χ0n) is 12.7. The minimum Gasteiger partial charge on any atom is -0.309 e. The summed E-state index contributed by atoms with van der Waals surface area (Å²) in [6.07, 6.45) is 3.12. The van der Waals surface area contributed by atoms with E-state index in [0.717, 1.165) is 23.5 Å². The fourth-order valence-corrected chi connectivity index (χ4v) is 2.87. The molecule has 0 aliphatic carbocycles. The average molecular weight is 298 g/mol. The lowest BCUT2D eigenvalue weighted by molar-refractivity contribution is 0.410. The van der Waals surface area contributed by atoms with E-state index in [1.807, 2.05) is 42.2 Å². The molecule has 0 heterocycles. The molecule has 0 aromatic heterocycles. The van der Waals surface area contributed by atoms with Crippen molar-refractivity contribution in [2.75, 3.05) is 26.4 Å². The number of para-hydroxylation sites is 1. The van der Waals surface area contributed by atoms with E-state index in [9.17, 15) is 0 Å². The Morgan fingerprint density at radius 3 is 2.48 bits per heavy atom. The van der Waals surface area contributed by atoms with Crippen LogP contribution < -0.4 is 0 Å². The number of nitrogens with zero attached hydrogens (tertiary/aromatic N) is 2. The van der Waals surface area contributed by atoms with E-state index in [1.165, 1.54) is 11.3 Å². The lowest BCUT2D eigenvalue weighted by Gasteiger charge is -2.09. The molecule has 0 aliphatic rings. The van der Waals surface area contributed by atoms with Crippen LogP contribution in [0.3, 0.4) is 0 Å². The monoisotopic (exact) mass is 298 g/mol. The average Bonchev–Trinajstić information content (AvgIpc) is 2.51. The molecular weight excluding hydrogens is 276 g/mol. The zero-order valence-corrected chi connectivity index (χ0v) is 13.5. The predicted molar refractivity (Wildman–Crippen MR) is 94.0 cm³/mol. The fraction of sp³-hybridized carbons (Fsp3) is 0.278. The molecule has 0 N–H and O–H groups in total. The summed E-state index contributed by atoms with van der Waals surface area (Å²) in [5.74, 6) is 1.12. The van der Waals surface area contributed by atoms with Crippen molar-refractivity contribution in [1.29, 1.82) is 0 Å². The summed E-state index contributed by atoms with van der Waals surface area (Å²) in [4.78, 5) is 8.11. The molecule has 110 valence electrons. The summed E-state index contributed by atoms with van der Waals surface area (Å²) in [7, 11) is 4.23. The van der Waals surface area contributed by atoms with E-state index in [4.69, 9.17) is 0 Å². The van der Waals surface area contributed by atoms with Gasteiger partial charge in [0.15, 0.2) is 0 Å². The first-order valence-corrected chi connectivity index (χ1v) is 8.20. The van der Waals surface area contributed by atoms with E-state index >= 15 is 0 Å². The third-order valence-electron chi connectivity index (χ3n) is 3.02. The normalized spacial score (nSPS) is 11.4. The minimum atomic E-state index is 1.05. The molecule has 0 atom stereocenters. The Balaban J connectivity index is 1.98. The van der Waals surface area contributed by atoms with Crippen LogP contribution in [-0.4, -0.2) is 37.5 Å². The summed E-state index contributed by atoms with van der Waals surface area (Å²) in [6.45, 7) is 1.13. The van der Waals surface area contributed by atoms with E-state index in [0.29, 0.717) is 0 Å². The van der Waals surface area contributed by atoms with Gasteiger partial charge >= 0.3 is 0 Å². The molecule has 0 spiro atoms. The molecule has 0 radical (unpaired) electrons. The van der Waals surface area contributed by atoms with Gasteiger partial charge in [-0.3, -0.25) is 4.99 Å². The van der Waals surface area contributed by atoms with Crippen LogP contribution in [0, 0.1) is 0 Å². The van der Waals surface area contributed by atoms with Crippen molar-refractivity contribution in [2.24, 2.45) is 4.99 Å². The molecule has 0 fully saturated rings. The van der Waals surface area contributed by atoms with Gasteiger partial charge in [0.05, 0.1) is 5.69 Å². The molecule has 0 saturated heterocycles. The van der Waals surface area contributed by atoms with Gasteiger partial charge in [0.2, 0.25) is 0 Å². The van der Waals surface area contributed by atoms with Crippen LogP contribution in [0.15, 0.2) is 64.5 Å². The first-order valence-electron chi connectivity index (χ1n) is 7.21. The summed E-state index contributed by atoms with van der Waals surface area (Å²) in [5, 5.41) is 0. The van der Waals surface area contributed by atoms with Crippen molar-refractivity contribution < 1.29 is 0 Å². The lowest BCUT2D eigenvalue weighted by Crippen LogP contribution is -2.13. The Kier molecular flexibility index (Phi) is 6.51. The Labute approximate surface area is 131 Å². The fourth-order valence-electron chi connectivity index (χ4n) is 1.93. The van der Waals surface area contributed by atoms with Gasteiger partial charge in [-0.2, -0.15) is 0 Å². The summed E-state index contributed by atoms with van der Waals surface area (Å²) in [6, 6.07) is 18.6. The van der Waals surface area contributed by atoms with Crippen molar-refractivity contribution in [3.8, 4) is 0 Å². The number of benzene rings is 2. The van der Waals surface area contributed by atoms with Crippen molar-refractivity contribution in [3.05, 3.63) is 60.2 Å². The molecule has 0 aliphatic heterocycles. The van der Waals surface area contributed by atoms with Crippen LogP contribution in [0.1, 0.15) is 12.0 Å². The van der Waals surface area contributed by atoms with Gasteiger partial charge in [0.25, 0.3) is 0 Å². The van der Waals surface area contributed by atoms with Crippen molar-refractivity contribution in [1.82, 2.24) is 4.90 Å². The topological polar surface area (TPSA) is 15.6 Å². The quantitative estimate of drug-likeness (QED) is 0.425. The van der Waals surface area contributed by atoms with Gasteiger partial charge in [-0.05, 0) is 50.5 Å². The van der Waals surface area contributed by atoms with E-state index in [-0.39, 0.29) is 0 Å². The highest BCUT2D eigenvalue weighted by Gasteiger charge is 2.01. The third kappa shape index (κ3) is 5.74. The second-order valence-electron chi connectivity index (χ2n) is 5.14. The summed E-state index contributed by atoms with van der Waals surface area (Å²) < 4.78 is 0. The highest BCUT2D eigenvalue weighted by atomic mass is 32.2. The smallest absolute Gasteiger partial charge is 0.0765 e. The van der Waals surface area contributed by atoms with Crippen LogP contribution in [0.4, 0.5) is 5.69 Å². The van der Waals surface area contributed by atoms with Crippen molar-refractivity contribution in [2.45, 2.75) is 11.3 Å². The molecule has 0 unspecified atom stereocenters.